The standard InChI is InChI=1S/C20H33N/c1-5-21-20(18-11-9-7-6-8-10-12-18)19-14-16(3)15(2)13-17(19)4/h13-14,18,20-21H,5-12H2,1-4H3. The van der Waals surface area contributed by atoms with Crippen molar-refractivity contribution in [3.8, 4) is 0 Å². The Balaban J connectivity index is 2.26. The quantitative estimate of drug-likeness (QED) is 0.757. The molecule has 118 valence electrons. The summed E-state index contributed by atoms with van der Waals surface area (Å²) in [4.78, 5) is 0. The monoisotopic (exact) mass is 287 g/mol. The van der Waals surface area contributed by atoms with E-state index in [0.717, 1.165) is 12.5 Å². The number of benzene rings is 1. The average Bonchev–Trinajstić information content (AvgIpc) is 2.41. The zero-order valence-corrected chi connectivity index (χ0v) is 14.5. The van der Waals surface area contributed by atoms with Gasteiger partial charge in [0.2, 0.25) is 0 Å². The van der Waals surface area contributed by atoms with Crippen LogP contribution in [0.15, 0.2) is 12.1 Å². The van der Waals surface area contributed by atoms with E-state index in [1.165, 1.54) is 61.6 Å². The van der Waals surface area contributed by atoms with Crippen LogP contribution in [-0.2, 0) is 0 Å². The Hall–Kier alpha value is -0.820. The largest absolute Gasteiger partial charge is 0.310 e. The Morgan fingerprint density at radius 3 is 2.10 bits per heavy atom. The van der Waals surface area contributed by atoms with Crippen molar-refractivity contribution in [3.05, 3.63) is 34.4 Å². The Morgan fingerprint density at radius 2 is 1.48 bits per heavy atom. The molecule has 0 aliphatic heterocycles. The van der Waals surface area contributed by atoms with Gasteiger partial charge in [0, 0.05) is 6.04 Å². The first-order chi connectivity index (χ1) is 10.1. The van der Waals surface area contributed by atoms with E-state index in [0.29, 0.717) is 6.04 Å². The third kappa shape index (κ3) is 4.32. The first kappa shape index (κ1) is 16.5. The summed E-state index contributed by atoms with van der Waals surface area (Å²) in [5, 5.41) is 3.80. The molecular formula is C20H33N. The lowest BCUT2D eigenvalue weighted by Crippen LogP contribution is -2.29. The molecule has 0 saturated heterocycles. The summed E-state index contributed by atoms with van der Waals surface area (Å²) < 4.78 is 0. The molecule has 1 aromatic carbocycles. The summed E-state index contributed by atoms with van der Waals surface area (Å²) in [6.07, 6.45) is 9.92. The molecule has 1 heteroatoms. The number of aryl methyl sites for hydroxylation is 3. The van der Waals surface area contributed by atoms with Crippen LogP contribution in [0, 0.1) is 26.7 Å². The van der Waals surface area contributed by atoms with Gasteiger partial charge < -0.3 is 5.32 Å². The van der Waals surface area contributed by atoms with E-state index in [1.54, 1.807) is 5.56 Å². The second kappa shape index (κ2) is 7.98. The van der Waals surface area contributed by atoms with Crippen molar-refractivity contribution in [2.24, 2.45) is 5.92 Å². The summed E-state index contributed by atoms with van der Waals surface area (Å²) in [7, 11) is 0. The smallest absolute Gasteiger partial charge is 0.0351 e. The first-order valence-electron chi connectivity index (χ1n) is 8.94. The van der Waals surface area contributed by atoms with E-state index in [1.807, 2.05) is 0 Å². The molecule has 21 heavy (non-hydrogen) atoms. The maximum atomic E-state index is 3.80. The molecule has 1 nitrogen and oxygen atoms in total. The molecule has 1 unspecified atom stereocenters. The SMILES string of the molecule is CCNC(c1cc(C)c(C)cc1C)C1CCCCCCC1. The molecule has 0 spiro atoms. The first-order valence-corrected chi connectivity index (χ1v) is 8.94. The van der Waals surface area contributed by atoms with Gasteiger partial charge in [-0.25, -0.2) is 0 Å². The lowest BCUT2D eigenvalue weighted by molar-refractivity contribution is 0.291. The van der Waals surface area contributed by atoms with E-state index >= 15 is 0 Å². The molecule has 0 heterocycles. The fourth-order valence-electron chi connectivity index (χ4n) is 3.89. The van der Waals surface area contributed by atoms with Crippen LogP contribution in [0.4, 0.5) is 0 Å². The normalized spacial score (nSPS) is 19.0. The minimum atomic E-state index is 0.549. The predicted molar refractivity (Wildman–Crippen MR) is 92.9 cm³/mol. The second-order valence-corrected chi connectivity index (χ2v) is 6.93. The topological polar surface area (TPSA) is 12.0 Å². The Kier molecular flexibility index (Phi) is 6.29. The number of rotatable bonds is 4. The van der Waals surface area contributed by atoms with Crippen molar-refractivity contribution in [1.82, 2.24) is 5.32 Å². The second-order valence-electron chi connectivity index (χ2n) is 6.93. The van der Waals surface area contributed by atoms with Crippen molar-refractivity contribution >= 4 is 0 Å². The third-order valence-electron chi connectivity index (χ3n) is 5.26. The van der Waals surface area contributed by atoms with Gasteiger partial charge >= 0.3 is 0 Å². The molecule has 1 aromatic rings. The summed E-state index contributed by atoms with van der Waals surface area (Å²) in [5.41, 5.74) is 5.87. The summed E-state index contributed by atoms with van der Waals surface area (Å²) in [5.74, 6) is 0.811. The van der Waals surface area contributed by atoms with E-state index in [4.69, 9.17) is 0 Å². The van der Waals surface area contributed by atoms with Gasteiger partial charge in [-0.3, -0.25) is 0 Å². The van der Waals surface area contributed by atoms with Crippen LogP contribution in [0.5, 0.6) is 0 Å². The lowest BCUT2D eigenvalue weighted by Gasteiger charge is -2.31. The molecule has 0 bridgehead atoms. The van der Waals surface area contributed by atoms with E-state index in [-0.39, 0.29) is 0 Å². The summed E-state index contributed by atoms with van der Waals surface area (Å²) >= 11 is 0. The highest BCUT2D eigenvalue weighted by Crippen LogP contribution is 2.35. The molecule has 0 radical (unpaired) electrons. The van der Waals surface area contributed by atoms with Crippen molar-refractivity contribution in [2.45, 2.75) is 78.7 Å². The van der Waals surface area contributed by atoms with Crippen molar-refractivity contribution in [3.63, 3.8) is 0 Å². The van der Waals surface area contributed by atoms with Crippen LogP contribution in [0.3, 0.4) is 0 Å². The van der Waals surface area contributed by atoms with Gasteiger partial charge in [0.1, 0.15) is 0 Å². The van der Waals surface area contributed by atoms with Crippen LogP contribution in [0.2, 0.25) is 0 Å². The molecular weight excluding hydrogens is 254 g/mol. The highest BCUT2D eigenvalue weighted by atomic mass is 14.9. The van der Waals surface area contributed by atoms with Crippen LogP contribution in [0.1, 0.15) is 80.2 Å². The average molecular weight is 287 g/mol. The Labute approximate surface area is 131 Å². The molecule has 0 amide bonds. The molecule has 1 N–H and O–H groups in total. The fourth-order valence-corrected chi connectivity index (χ4v) is 3.89. The summed E-state index contributed by atoms with van der Waals surface area (Å²) in [6.45, 7) is 10.1. The lowest BCUT2D eigenvalue weighted by atomic mass is 9.81. The number of hydrogen-bond acceptors (Lipinski definition) is 1. The van der Waals surface area contributed by atoms with Crippen LogP contribution < -0.4 is 5.32 Å². The van der Waals surface area contributed by atoms with Crippen molar-refractivity contribution in [1.29, 1.82) is 0 Å². The van der Waals surface area contributed by atoms with E-state index in [9.17, 15) is 0 Å². The molecule has 1 atom stereocenters. The van der Waals surface area contributed by atoms with E-state index < -0.39 is 0 Å². The van der Waals surface area contributed by atoms with Crippen LogP contribution >= 0.6 is 0 Å². The van der Waals surface area contributed by atoms with Gasteiger partial charge in [-0.05, 0) is 68.3 Å². The van der Waals surface area contributed by atoms with Crippen molar-refractivity contribution < 1.29 is 0 Å². The fraction of sp³-hybridized carbons (Fsp3) is 0.700. The van der Waals surface area contributed by atoms with Gasteiger partial charge in [0.25, 0.3) is 0 Å². The van der Waals surface area contributed by atoms with Gasteiger partial charge in [0.15, 0.2) is 0 Å². The third-order valence-corrected chi connectivity index (χ3v) is 5.26. The maximum absolute atomic E-state index is 3.80. The van der Waals surface area contributed by atoms with Gasteiger partial charge in [-0.1, -0.05) is 51.2 Å². The number of hydrogen-bond donors (Lipinski definition) is 1. The highest BCUT2D eigenvalue weighted by molar-refractivity contribution is 5.38. The summed E-state index contributed by atoms with van der Waals surface area (Å²) in [6, 6.07) is 5.36. The van der Waals surface area contributed by atoms with Gasteiger partial charge in [0.05, 0.1) is 0 Å². The molecule has 1 fully saturated rings. The van der Waals surface area contributed by atoms with Gasteiger partial charge in [-0.15, -0.1) is 0 Å². The minimum absolute atomic E-state index is 0.549. The zero-order valence-electron chi connectivity index (χ0n) is 14.5. The molecule has 1 aliphatic carbocycles. The number of nitrogens with one attached hydrogen (secondary N) is 1. The minimum Gasteiger partial charge on any atom is -0.310 e. The molecule has 1 aliphatic rings. The van der Waals surface area contributed by atoms with E-state index in [2.05, 4.69) is 45.1 Å². The maximum Gasteiger partial charge on any atom is 0.0351 e. The Morgan fingerprint density at radius 1 is 0.905 bits per heavy atom. The van der Waals surface area contributed by atoms with Gasteiger partial charge in [-0.2, -0.15) is 0 Å². The van der Waals surface area contributed by atoms with Crippen LogP contribution in [-0.4, -0.2) is 6.54 Å². The predicted octanol–water partition coefficient (Wildman–Crippen LogP) is 5.62. The molecule has 1 saturated carbocycles. The molecule has 2 rings (SSSR count). The van der Waals surface area contributed by atoms with Crippen molar-refractivity contribution in [2.75, 3.05) is 6.54 Å². The zero-order chi connectivity index (χ0) is 15.2. The van der Waals surface area contributed by atoms with Crippen LogP contribution in [0.25, 0.3) is 0 Å². The highest BCUT2D eigenvalue weighted by Gasteiger charge is 2.24. The Bertz CT molecular complexity index is 441. The molecule has 0 aromatic heterocycles.